The van der Waals surface area contributed by atoms with Crippen molar-refractivity contribution in [1.82, 2.24) is 0 Å². The Morgan fingerprint density at radius 2 is 1.81 bits per heavy atom. The van der Waals surface area contributed by atoms with Crippen LogP contribution in [0.5, 0.6) is 0 Å². The van der Waals surface area contributed by atoms with Crippen LogP contribution in [0.2, 0.25) is 0 Å². The first kappa shape index (κ1) is 12.5. The standard InChI is InChI=1S/C19H16O2/c20-18-8-4-3-7-15(18)16-10-9-14-13-6-2-1-5-12(13)11-17(14)19(16)21/h1-2,5-6,9-11,15H,3-4,7-8H2. The van der Waals surface area contributed by atoms with Gasteiger partial charge in [0.1, 0.15) is 5.78 Å². The van der Waals surface area contributed by atoms with Crippen LogP contribution >= 0.6 is 0 Å². The van der Waals surface area contributed by atoms with Crippen molar-refractivity contribution in [3.05, 3.63) is 58.7 Å². The molecule has 21 heavy (non-hydrogen) atoms. The van der Waals surface area contributed by atoms with Gasteiger partial charge in [0.25, 0.3) is 0 Å². The van der Waals surface area contributed by atoms with E-state index in [1.807, 2.05) is 42.5 Å². The lowest BCUT2D eigenvalue weighted by molar-refractivity contribution is -0.125. The Balaban J connectivity index is 1.76. The quantitative estimate of drug-likeness (QED) is 0.783. The van der Waals surface area contributed by atoms with Gasteiger partial charge in [-0.1, -0.05) is 42.8 Å². The molecular weight excluding hydrogens is 260 g/mol. The van der Waals surface area contributed by atoms with Crippen LogP contribution < -0.4 is 0 Å². The zero-order valence-electron chi connectivity index (χ0n) is 11.8. The molecule has 2 heteroatoms. The first-order valence-corrected chi connectivity index (χ1v) is 7.56. The summed E-state index contributed by atoms with van der Waals surface area (Å²) < 4.78 is 0. The molecule has 3 aliphatic carbocycles. The minimum Gasteiger partial charge on any atom is -0.299 e. The summed E-state index contributed by atoms with van der Waals surface area (Å²) in [6.45, 7) is 0. The molecule has 1 aromatic rings. The molecule has 1 fully saturated rings. The van der Waals surface area contributed by atoms with Crippen molar-refractivity contribution in [2.45, 2.75) is 25.7 Å². The Kier molecular flexibility index (Phi) is 2.78. The third-order valence-corrected chi connectivity index (χ3v) is 4.71. The molecule has 0 spiro atoms. The molecule has 0 radical (unpaired) electrons. The van der Waals surface area contributed by atoms with Crippen LogP contribution in [-0.2, 0) is 9.59 Å². The van der Waals surface area contributed by atoms with E-state index >= 15 is 0 Å². The fraction of sp³-hybridized carbons (Fsp3) is 0.263. The van der Waals surface area contributed by atoms with Gasteiger partial charge in [-0.25, -0.2) is 0 Å². The van der Waals surface area contributed by atoms with Gasteiger partial charge in [-0.2, -0.15) is 0 Å². The second kappa shape index (κ2) is 4.66. The van der Waals surface area contributed by atoms with Crippen LogP contribution in [0.4, 0.5) is 0 Å². The summed E-state index contributed by atoms with van der Waals surface area (Å²) in [5, 5.41) is 0. The van der Waals surface area contributed by atoms with Gasteiger partial charge in [0, 0.05) is 23.5 Å². The number of ketones is 2. The Morgan fingerprint density at radius 1 is 0.952 bits per heavy atom. The van der Waals surface area contributed by atoms with Crippen LogP contribution in [0, 0.1) is 5.92 Å². The van der Waals surface area contributed by atoms with Gasteiger partial charge in [-0.05, 0) is 35.6 Å². The van der Waals surface area contributed by atoms with E-state index in [9.17, 15) is 9.59 Å². The van der Waals surface area contributed by atoms with Gasteiger partial charge in [0.15, 0.2) is 5.78 Å². The van der Waals surface area contributed by atoms with Crippen molar-refractivity contribution in [1.29, 1.82) is 0 Å². The minimum atomic E-state index is -0.186. The van der Waals surface area contributed by atoms with E-state index in [0.29, 0.717) is 12.0 Å². The van der Waals surface area contributed by atoms with Crippen LogP contribution in [0.15, 0.2) is 47.6 Å². The van der Waals surface area contributed by atoms with E-state index in [0.717, 1.165) is 41.5 Å². The highest BCUT2D eigenvalue weighted by Gasteiger charge is 2.35. The molecule has 0 saturated heterocycles. The molecular formula is C19H16O2. The number of carbonyl (C=O) groups excluding carboxylic acids is 2. The third kappa shape index (κ3) is 1.86. The lowest BCUT2D eigenvalue weighted by atomic mass is 9.77. The lowest BCUT2D eigenvalue weighted by Gasteiger charge is -2.24. The Morgan fingerprint density at radius 3 is 2.67 bits per heavy atom. The summed E-state index contributed by atoms with van der Waals surface area (Å²) in [6.07, 6.45) is 9.29. The summed E-state index contributed by atoms with van der Waals surface area (Å²) >= 11 is 0. The van der Waals surface area contributed by atoms with E-state index in [4.69, 9.17) is 0 Å². The average molecular weight is 276 g/mol. The fourth-order valence-corrected chi connectivity index (χ4v) is 3.60. The molecule has 1 atom stereocenters. The van der Waals surface area contributed by atoms with E-state index in [2.05, 4.69) is 0 Å². The molecule has 1 aromatic carbocycles. The van der Waals surface area contributed by atoms with Crippen molar-refractivity contribution < 1.29 is 9.59 Å². The Hall–Kier alpha value is -2.22. The maximum atomic E-state index is 12.8. The van der Waals surface area contributed by atoms with E-state index < -0.39 is 0 Å². The summed E-state index contributed by atoms with van der Waals surface area (Å²) in [6, 6.07) is 8.05. The maximum absolute atomic E-state index is 12.8. The van der Waals surface area contributed by atoms with Gasteiger partial charge in [-0.15, -0.1) is 0 Å². The number of hydrogen-bond acceptors (Lipinski definition) is 2. The fourth-order valence-electron chi connectivity index (χ4n) is 3.60. The first-order valence-electron chi connectivity index (χ1n) is 7.56. The average Bonchev–Trinajstić information content (AvgIpc) is 2.89. The molecule has 1 unspecified atom stereocenters. The largest absolute Gasteiger partial charge is 0.299 e. The van der Waals surface area contributed by atoms with Crippen LogP contribution in [0.25, 0.3) is 11.6 Å². The molecule has 0 amide bonds. The van der Waals surface area contributed by atoms with Crippen LogP contribution in [0.1, 0.15) is 36.8 Å². The normalized spacial score (nSPS) is 24.0. The van der Waals surface area contributed by atoms with Gasteiger partial charge in [0.2, 0.25) is 0 Å². The number of rotatable bonds is 1. The topological polar surface area (TPSA) is 34.1 Å². The Bertz CT molecular complexity index is 747. The zero-order valence-corrected chi connectivity index (χ0v) is 11.8. The predicted molar refractivity (Wildman–Crippen MR) is 82.5 cm³/mol. The molecule has 0 aromatic heterocycles. The molecule has 1 saturated carbocycles. The molecule has 3 aliphatic rings. The highest BCUT2D eigenvalue weighted by molar-refractivity contribution is 6.27. The summed E-state index contributed by atoms with van der Waals surface area (Å²) in [7, 11) is 0. The zero-order chi connectivity index (χ0) is 14.4. The van der Waals surface area contributed by atoms with Gasteiger partial charge in [0.05, 0.1) is 0 Å². The molecule has 0 aliphatic heterocycles. The summed E-state index contributed by atoms with van der Waals surface area (Å²) in [5.74, 6) is 0.0893. The van der Waals surface area contributed by atoms with Crippen molar-refractivity contribution in [2.75, 3.05) is 0 Å². The van der Waals surface area contributed by atoms with E-state index in [1.54, 1.807) is 0 Å². The monoisotopic (exact) mass is 276 g/mol. The van der Waals surface area contributed by atoms with Crippen molar-refractivity contribution in [2.24, 2.45) is 5.92 Å². The molecule has 4 rings (SSSR count). The number of hydrogen-bond donors (Lipinski definition) is 0. The molecule has 0 bridgehead atoms. The number of fused-ring (bicyclic) bond motifs is 3. The summed E-state index contributed by atoms with van der Waals surface area (Å²) in [4.78, 5) is 24.9. The van der Waals surface area contributed by atoms with Crippen molar-refractivity contribution in [3.8, 4) is 0 Å². The third-order valence-electron chi connectivity index (χ3n) is 4.71. The predicted octanol–water partition coefficient (Wildman–Crippen LogP) is 3.74. The highest BCUT2D eigenvalue weighted by atomic mass is 16.1. The van der Waals surface area contributed by atoms with Gasteiger partial charge >= 0.3 is 0 Å². The Labute approximate surface area is 123 Å². The first-order chi connectivity index (χ1) is 10.3. The second-order valence-electron chi connectivity index (χ2n) is 5.94. The molecule has 0 N–H and O–H groups in total. The van der Waals surface area contributed by atoms with Gasteiger partial charge < -0.3 is 0 Å². The highest BCUT2D eigenvalue weighted by Crippen LogP contribution is 2.41. The maximum Gasteiger partial charge on any atom is 0.190 e. The van der Waals surface area contributed by atoms with Gasteiger partial charge in [-0.3, -0.25) is 9.59 Å². The molecule has 2 nitrogen and oxygen atoms in total. The number of carbonyl (C=O) groups is 2. The molecule has 0 heterocycles. The number of Topliss-reactive ketones (excluding diaryl/α,β-unsaturated/α-hetero) is 2. The van der Waals surface area contributed by atoms with Crippen LogP contribution in [0.3, 0.4) is 0 Å². The van der Waals surface area contributed by atoms with Crippen molar-refractivity contribution >= 4 is 23.2 Å². The SMILES string of the molecule is O=C1C2=Cc3ccccc3C2=CC=C1C1CCCCC1=O. The second-order valence-corrected chi connectivity index (χ2v) is 5.94. The minimum absolute atomic E-state index is 0.0453. The van der Waals surface area contributed by atoms with E-state index in [1.165, 1.54) is 0 Å². The van der Waals surface area contributed by atoms with Crippen LogP contribution in [-0.4, -0.2) is 11.6 Å². The summed E-state index contributed by atoms with van der Waals surface area (Å²) in [5.41, 5.74) is 4.67. The number of benzene rings is 1. The smallest absolute Gasteiger partial charge is 0.190 e. The van der Waals surface area contributed by atoms with Crippen molar-refractivity contribution in [3.63, 3.8) is 0 Å². The lowest BCUT2D eigenvalue weighted by Crippen LogP contribution is -2.26. The molecule has 104 valence electrons. The number of allylic oxidation sites excluding steroid dienone is 5. The van der Waals surface area contributed by atoms with E-state index in [-0.39, 0.29) is 17.5 Å².